The van der Waals surface area contributed by atoms with Gasteiger partial charge in [0.1, 0.15) is 17.1 Å². The molecule has 3 nitrogen and oxygen atoms in total. The van der Waals surface area contributed by atoms with Crippen LogP contribution >= 0.6 is 11.8 Å². The van der Waals surface area contributed by atoms with Gasteiger partial charge in [0.15, 0.2) is 0 Å². The second kappa shape index (κ2) is 7.41. The van der Waals surface area contributed by atoms with E-state index in [1.54, 1.807) is 24.8 Å². The molecular weight excluding hydrogens is 320 g/mol. The van der Waals surface area contributed by atoms with Gasteiger partial charge in [-0.3, -0.25) is 0 Å². The van der Waals surface area contributed by atoms with Crippen LogP contribution in [0.2, 0.25) is 0 Å². The van der Waals surface area contributed by atoms with Crippen LogP contribution in [0.3, 0.4) is 0 Å². The van der Waals surface area contributed by atoms with Crippen LogP contribution in [-0.4, -0.2) is 13.1 Å². The average Bonchev–Trinajstić information content (AvgIpc) is 3.02. The van der Waals surface area contributed by atoms with Gasteiger partial charge in [-0.1, -0.05) is 48.5 Å². The third-order valence-electron chi connectivity index (χ3n) is 3.70. The number of aryl methyl sites for hydroxylation is 1. The number of furan rings is 1. The topological polar surface area (TPSA) is 39.4 Å². The molecule has 0 saturated heterocycles. The number of rotatable bonds is 5. The normalized spacial score (nSPS) is 11.9. The second-order valence-electron chi connectivity index (χ2n) is 5.33. The highest BCUT2D eigenvalue weighted by molar-refractivity contribution is 7.99. The molecule has 3 aromatic rings. The summed E-state index contributed by atoms with van der Waals surface area (Å²) in [6.07, 6.45) is 0. The summed E-state index contributed by atoms with van der Waals surface area (Å²) in [5, 5.41) is -0.0364. The number of benzene rings is 2. The summed E-state index contributed by atoms with van der Waals surface area (Å²) >= 11 is 1.69. The van der Waals surface area contributed by atoms with Crippen molar-refractivity contribution in [3.63, 3.8) is 0 Å². The zero-order valence-electron chi connectivity index (χ0n) is 13.6. The van der Waals surface area contributed by atoms with Gasteiger partial charge < -0.3 is 9.15 Å². The third-order valence-corrected chi connectivity index (χ3v) is 4.98. The lowest BCUT2D eigenvalue weighted by Crippen LogP contribution is -2.01. The SMILES string of the molecule is COC(=O)c1cc(C(Sc2ccccc2)c2ccccc2)oc1C. The lowest BCUT2D eigenvalue weighted by Gasteiger charge is -2.14. The molecule has 0 bridgehead atoms. The first kappa shape index (κ1) is 16.4. The minimum Gasteiger partial charge on any atom is -0.465 e. The minimum absolute atomic E-state index is 0.0364. The zero-order valence-corrected chi connectivity index (χ0v) is 14.4. The van der Waals surface area contributed by atoms with E-state index in [4.69, 9.17) is 9.15 Å². The van der Waals surface area contributed by atoms with Gasteiger partial charge in [-0.05, 0) is 30.7 Å². The van der Waals surface area contributed by atoms with Gasteiger partial charge in [0.05, 0.1) is 12.4 Å². The van der Waals surface area contributed by atoms with Gasteiger partial charge in [-0.2, -0.15) is 0 Å². The van der Waals surface area contributed by atoms with Gasteiger partial charge in [-0.25, -0.2) is 4.79 Å². The molecule has 24 heavy (non-hydrogen) atoms. The monoisotopic (exact) mass is 338 g/mol. The van der Waals surface area contributed by atoms with Crippen molar-refractivity contribution in [2.75, 3.05) is 7.11 Å². The maximum atomic E-state index is 11.9. The smallest absolute Gasteiger partial charge is 0.341 e. The molecule has 0 saturated carbocycles. The van der Waals surface area contributed by atoms with E-state index in [0.717, 1.165) is 16.2 Å². The van der Waals surface area contributed by atoms with Crippen molar-refractivity contribution in [3.8, 4) is 0 Å². The Morgan fingerprint density at radius 3 is 2.29 bits per heavy atom. The summed E-state index contributed by atoms with van der Waals surface area (Å²) in [7, 11) is 1.38. The summed E-state index contributed by atoms with van der Waals surface area (Å²) in [4.78, 5) is 13.0. The van der Waals surface area contributed by atoms with Crippen molar-refractivity contribution in [3.05, 3.63) is 89.4 Å². The Morgan fingerprint density at radius 1 is 1.04 bits per heavy atom. The fourth-order valence-corrected chi connectivity index (χ4v) is 3.61. The molecule has 0 spiro atoms. The Bertz CT molecular complexity index is 809. The molecule has 122 valence electrons. The minimum atomic E-state index is -0.376. The van der Waals surface area contributed by atoms with Crippen molar-refractivity contribution < 1.29 is 13.9 Å². The number of hydrogen-bond acceptors (Lipinski definition) is 4. The van der Waals surface area contributed by atoms with Gasteiger partial charge in [0, 0.05) is 4.90 Å². The first-order valence-electron chi connectivity index (χ1n) is 7.64. The van der Waals surface area contributed by atoms with E-state index >= 15 is 0 Å². The number of hydrogen-bond donors (Lipinski definition) is 0. The average molecular weight is 338 g/mol. The standard InChI is InChI=1S/C20H18O3S/c1-14-17(20(21)22-2)13-18(23-14)19(15-9-5-3-6-10-15)24-16-11-7-4-8-12-16/h3-13,19H,1-2H3. The van der Waals surface area contributed by atoms with E-state index < -0.39 is 0 Å². The predicted molar refractivity (Wildman–Crippen MR) is 95.4 cm³/mol. The maximum absolute atomic E-state index is 11.9. The fraction of sp³-hybridized carbons (Fsp3) is 0.150. The van der Waals surface area contributed by atoms with Crippen molar-refractivity contribution in [2.45, 2.75) is 17.1 Å². The molecule has 1 aromatic heterocycles. The van der Waals surface area contributed by atoms with Crippen molar-refractivity contribution in [2.24, 2.45) is 0 Å². The number of thioether (sulfide) groups is 1. The lowest BCUT2D eigenvalue weighted by atomic mass is 10.1. The quantitative estimate of drug-likeness (QED) is 0.470. The number of carbonyl (C=O) groups is 1. The van der Waals surface area contributed by atoms with Crippen molar-refractivity contribution in [1.29, 1.82) is 0 Å². The molecule has 0 aliphatic heterocycles. The van der Waals surface area contributed by atoms with Crippen LogP contribution < -0.4 is 0 Å². The predicted octanol–water partition coefficient (Wildman–Crippen LogP) is 5.26. The molecule has 4 heteroatoms. The van der Waals surface area contributed by atoms with Crippen LogP contribution in [0, 0.1) is 6.92 Å². The van der Waals surface area contributed by atoms with Gasteiger partial charge in [0.2, 0.25) is 0 Å². The van der Waals surface area contributed by atoms with E-state index in [-0.39, 0.29) is 11.2 Å². The van der Waals surface area contributed by atoms with Crippen LogP contribution in [-0.2, 0) is 4.74 Å². The van der Waals surface area contributed by atoms with Gasteiger partial charge in [-0.15, -0.1) is 11.8 Å². The number of methoxy groups -OCH3 is 1. The summed E-state index contributed by atoms with van der Waals surface area (Å²) in [5.41, 5.74) is 1.60. The Morgan fingerprint density at radius 2 is 1.67 bits per heavy atom. The van der Waals surface area contributed by atoms with E-state index in [9.17, 15) is 4.79 Å². The molecule has 0 aliphatic rings. The molecule has 1 unspecified atom stereocenters. The maximum Gasteiger partial charge on any atom is 0.341 e. The molecule has 0 radical (unpaired) electrons. The largest absolute Gasteiger partial charge is 0.465 e. The Balaban J connectivity index is 2.00. The van der Waals surface area contributed by atoms with E-state index in [0.29, 0.717) is 11.3 Å². The molecule has 1 heterocycles. The van der Waals surface area contributed by atoms with Gasteiger partial charge in [0.25, 0.3) is 0 Å². The summed E-state index contributed by atoms with van der Waals surface area (Å²) in [6, 6.07) is 22.1. The molecular formula is C20H18O3S. The van der Waals surface area contributed by atoms with Crippen LogP contribution in [0.4, 0.5) is 0 Å². The Hall–Kier alpha value is -2.46. The molecule has 3 rings (SSSR count). The summed E-state index contributed by atoms with van der Waals surface area (Å²) in [6.45, 7) is 1.78. The molecule has 0 N–H and O–H groups in total. The van der Waals surface area contributed by atoms with Crippen LogP contribution in [0.15, 0.2) is 76.0 Å². The molecule has 0 amide bonds. The fourth-order valence-electron chi connectivity index (χ4n) is 2.50. The highest BCUT2D eigenvalue weighted by Crippen LogP contribution is 2.41. The zero-order chi connectivity index (χ0) is 16.9. The van der Waals surface area contributed by atoms with Crippen molar-refractivity contribution in [1.82, 2.24) is 0 Å². The molecule has 0 aliphatic carbocycles. The third kappa shape index (κ3) is 3.54. The summed E-state index contributed by atoms with van der Waals surface area (Å²) < 4.78 is 10.7. The number of carbonyl (C=O) groups excluding carboxylic acids is 1. The lowest BCUT2D eigenvalue weighted by molar-refractivity contribution is 0.0599. The van der Waals surface area contributed by atoms with Gasteiger partial charge >= 0.3 is 5.97 Å². The van der Waals surface area contributed by atoms with Crippen LogP contribution in [0.5, 0.6) is 0 Å². The molecule has 0 fully saturated rings. The number of esters is 1. The summed E-state index contributed by atoms with van der Waals surface area (Å²) in [5.74, 6) is 0.943. The van der Waals surface area contributed by atoms with Crippen LogP contribution in [0.1, 0.15) is 32.7 Å². The van der Waals surface area contributed by atoms with Crippen molar-refractivity contribution >= 4 is 17.7 Å². The Kier molecular flexibility index (Phi) is 5.06. The van der Waals surface area contributed by atoms with E-state index in [1.807, 2.05) is 36.4 Å². The first-order valence-corrected chi connectivity index (χ1v) is 8.52. The molecule has 1 atom stereocenters. The van der Waals surface area contributed by atoms with E-state index in [2.05, 4.69) is 24.3 Å². The highest BCUT2D eigenvalue weighted by atomic mass is 32.2. The van der Waals surface area contributed by atoms with Crippen LogP contribution in [0.25, 0.3) is 0 Å². The number of ether oxygens (including phenoxy) is 1. The first-order chi connectivity index (χ1) is 11.7. The highest BCUT2D eigenvalue weighted by Gasteiger charge is 2.23. The molecule has 2 aromatic carbocycles. The van der Waals surface area contributed by atoms with E-state index in [1.165, 1.54) is 7.11 Å². The second-order valence-corrected chi connectivity index (χ2v) is 6.51. The Labute approximate surface area is 145 Å².